The van der Waals surface area contributed by atoms with Crippen LogP contribution < -0.4 is 5.32 Å². The van der Waals surface area contributed by atoms with Crippen LogP contribution in [0.25, 0.3) is 11.0 Å². The molecule has 0 radical (unpaired) electrons. The Hall–Kier alpha value is -3.09. The number of para-hydroxylation sites is 2. The maximum Gasteiger partial charge on any atom is 0.339 e. The first-order valence-electron chi connectivity index (χ1n) is 9.01. The van der Waals surface area contributed by atoms with Crippen LogP contribution in [0.15, 0.2) is 24.3 Å². The number of amides is 1. The minimum atomic E-state index is -0.434. The predicted molar refractivity (Wildman–Crippen MR) is 103 cm³/mol. The van der Waals surface area contributed by atoms with Gasteiger partial charge in [-0.1, -0.05) is 25.5 Å². The van der Waals surface area contributed by atoms with Gasteiger partial charge in [0.05, 0.1) is 29.7 Å². The van der Waals surface area contributed by atoms with Gasteiger partial charge in [0.1, 0.15) is 11.5 Å². The third kappa shape index (κ3) is 3.58. The van der Waals surface area contributed by atoms with E-state index in [1.54, 1.807) is 6.92 Å². The lowest BCUT2D eigenvalue weighted by Gasteiger charge is -2.12. The number of rotatable bonds is 6. The number of aromatic amines is 2. The van der Waals surface area contributed by atoms with Gasteiger partial charge in [-0.25, -0.2) is 9.78 Å². The number of carbonyl (C=O) groups excluding carboxylic acids is 2. The quantitative estimate of drug-likeness (QED) is 0.580. The van der Waals surface area contributed by atoms with E-state index in [4.69, 9.17) is 4.74 Å². The molecule has 2 aromatic heterocycles. The zero-order valence-electron chi connectivity index (χ0n) is 16.0. The van der Waals surface area contributed by atoms with E-state index in [-0.39, 0.29) is 11.9 Å². The number of nitrogens with zero attached hydrogens (tertiary/aromatic N) is 1. The summed E-state index contributed by atoms with van der Waals surface area (Å²) in [5.74, 6) is -0.0284. The van der Waals surface area contributed by atoms with Crippen molar-refractivity contribution in [3.8, 4) is 0 Å². The lowest BCUT2D eigenvalue weighted by molar-refractivity contribution is 0.0599. The van der Waals surface area contributed by atoms with Gasteiger partial charge in [0, 0.05) is 5.69 Å². The Labute approximate surface area is 157 Å². The van der Waals surface area contributed by atoms with Crippen molar-refractivity contribution in [1.29, 1.82) is 0 Å². The fraction of sp³-hybridized carbons (Fsp3) is 0.350. The van der Waals surface area contributed by atoms with E-state index in [1.807, 2.05) is 38.1 Å². The summed E-state index contributed by atoms with van der Waals surface area (Å²) in [7, 11) is 1.34. The van der Waals surface area contributed by atoms with Crippen LogP contribution in [0.5, 0.6) is 0 Å². The predicted octanol–water partition coefficient (Wildman–Crippen LogP) is 3.43. The summed E-state index contributed by atoms with van der Waals surface area (Å²) in [6.45, 7) is 5.64. The molecular weight excluding hydrogens is 344 g/mol. The molecule has 3 rings (SSSR count). The molecule has 0 spiro atoms. The molecule has 1 amide bonds. The zero-order valence-corrected chi connectivity index (χ0v) is 16.0. The fourth-order valence-electron chi connectivity index (χ4n) is 3.26. The van der Waals surface area contributed by atoms with Crippen molar-refractivity contribution < 1.29 is 14.3 Å². The summed E-state index contributed by atoms with van der Waals surface area (Å²) in [6.07, 6.45) is 1.41. The molecule has 0 aliphatic rings. The molecule has 0 fully saturated rings. The number of aryl methyl sites for hydroxylation is 1. The van der Waals surface area contributed by atoms with Crippen molar-refractivity contribution in [3.05, 3.63) is 52.6 Å². The molecule has 142 valence electrons. The van der Waals surface area contributed by atoms with Gasteiger partial charge in [0.25, 0.3) is 5.91 Å². The second-order valence-electron chi connectivity index (χ2n) is 6.55. The number of ether oxygens (including phenoxy) is 1. The van der Waals surface area contributed by atoms with Crippen molar-refractivity contribution >= 4 is 22.9 Å². The van der Waals surface area contributed by atoms with Crippen LogP contribution in [0.1, 0.15) is 64.2 Å². The van der Waals surface area contributed by atoms with E-state index >= 15 is 0 Å². The molecule has 2 heterocycles. The molecule has 7 heteroatoms. The molecule has 0 saturated heterocycles. The normalized spacial score (nSPS) is 12.1. The Morgan fingerprint density at radius 1 is 1.26 bits per heavy atom. The SMILES string of the molecule is CCCc1c(C(=O)NC(C)c2nc3ccccc3[nH]2)[nH]c(C)c1C(=O)OC. The van der Waals surface area contributed by atoms with Crippen LogP contribution >= 0.6 is 0 Å². The Morgan fingerprint density at radius 3 is 2.67 bits per heavy atom. The maximum absolute atomic E-state index is 12.9. The van der Waals surface area contributed by atoms with Crippen molar-refractivity contribution in [2.45, 2.75) is 39.7 Å². The molecule has 3 aromatic rings. The topological polar surface area (TPSA) is 99.9 Å². The summed E-state index contributed by atoms with van der Waals surface area (Å²) >= 11 is 0. The first-order valence-corrected chi connectivity index (χ1v) is 9.01. The average Bonchev–Trinajstić information content (AvgIpc) is 3.23. The highest BCUT2D eigenvalue weighted by Gasteiger charge is 2.26. The van der Waals surface area contributed by atoms with Gasteiger partial charge in [0.15, 0.2) is 0 Å². The highest BCUT2D eigenvalue weighted by molar-refractivity contribution is 6.00. The fourth-order valence-corrected chi connectivity index (χ4v) is 3.26. The first-order chi connectivity index (χ1) is 13.0. The molecule has 1 atom stereocenters. The number of hydrogen-bond donors (Lipinski definition) is 3. The average molecular weight is 368 g/mol. The molecule has 7 nitrogen and oxygen atoms in total. The Bertz CT molecular complexity index is 953. The number of imidazole rings is 1. The largest absolute Gasteiger partial charge is 0.465 e. The van der Waals surface area contributed by atoms with E-state index in [9.17, 15) is 9.59 Å². The van der Waals surface area contributed by atoms with Gasteiger partial charge in [-0.2, -0.15) is 0 Å². The van der Waals surface area contributed by atoms with Crippen LogP contribution in [-0.4, -0.2) is 33.9 Å². The molecule has 3 N–H and O–H groups in total. The summed E-state index contributed by atoms with van der Waals surface area (Å²) in [5.41, 5.74) is 3.94. The van der Waals surface area contributed by atoms with Crippen molar-refractivity contribution in [3.63, 3.8) is 0 Å². The molecule has 0 bridgehead atoms. The maximum atomic E-state index is 12.9. The van der Waals surface area contributed by atoms with E-state index < -0.39 is 5.97 Å². The van der Waals surface area contributed by atoms with Crippen LogP contribution in [0.3, 0.4) is 0 Å². The number of nitrogens with one attached hydrogen (secondary N) is 3. The molecule has 0 aliphatic heterocycles. The first kappa shape index (κ1) is 18.7. The number of carbonyl (C=O) groups is 2. The minimum Gasteiger partial charge on any atom is -0.465 e. The number of fused-ring (bicyclic) bond motifs is 1. The molecule has 0 saturated carbocycles. The standard InChI is InChI=1S/C20H24N4O3/c1-5-8-13-16(20(26)27-4)11(2)21-17(13)19(25)22-12(3)18-23-14-9-6-7-10-15(14)24-18/h6-7,9-10,12,21H,5,8H2,1-4H3,(H,22,25)(H,23,24). The monoisotopic (exact) mass is 368 g/mol. The molecule has 0 aliphatic carbocycles. The smallest absolute Gasteiger partial charge is 0.339 e. The minimum absolute atomic E-state index is 0.273. The number of aromatic nitrogens is 3. The van der Waals surface area contributed by atoms with Crippen LogP contribution in [-0.2, 0) is 11.2 Å². The Morgan fingerprint density at radius 2 is 2.00 bits per heavy atom. The Balaban J connectivity index is 1.87. The van der Waals surface area contributed by atoms with Gasteiger partial charge in [-0.15, -0.1) is 0 Å². The molecule has 1 aromatic carbocycles. The van der Waals surface area contributed by atoms with Crippen molar-refractivity contribution in [2.24, 2.45) is 0 Å². The number of esters is 1. The summed E-state index contributed by atoms with van der Waals surface area (Å²) < 4.78 is 4.88. The van der Waals surface area contributed by atoms with Crippen LogP contribution in [0, 0.1) is 6.92 Å². The van der Waals surface area contributed by atoms with Gasteiger partial charge in [-0.3, -0.25) is 4.79 Å². The highest BCUT2D eigenvalue weighted by atomic mass is 16.5. The summed E-state index contributed by atoms with van der Waals surface area (Å²) in [4.78, 5) is 35.8. The van der Waals surface area contributed by atoms with Gasteiger partial charge in [0.2, 0.25) is 0 Å². The van der Waals surface area contributed by atoms with Crippen molar-refractivity contribution in [2.75, 3.05) is 7.11 Å². The zero-order chi connectivity index (χ0) is 19.6. The lowest BCUT2D eigenvalue weighted by Crippen LogP contribution is -2.28. The molecule has 1 unspecified atom stereocenters. The second-order valence-corrected chi connectivity index (χ2v) is 6.55. The Kier molecular flexibility index (Phi) is 5.30. The van der Waals surface area contributed by atoms with E-state index in [1.165, 1.54) is 7.11 Å². The third-order valence-corrected chi connectivity index (χ3v) is 4.57. The molecule has 27 heavy (non-hydrogen) atoms. The van der Waals surface area contributed by atoms with E-state index in [0.717, 1.165) is 17.5 Å². The van der Waals surface area contributed by atoms with Gasteiger partial charge in [-0.05, 0) is 38.0 Å². The number of methoxy groups -OCH3 is 1. The third-order valence-electron chi connectivity index (χ3n) is 4.57. The summed E-state index contributed by atoms with van der Waals surface area (Å²) in [6, 6.07) is 7.39. The summed E-state index contributed by atoms with van der Waals surface area (Å²) in [5, 5.41) is 2.95. The molecular formula is C20H24N4O3. The van der Waals surface area contributed by atoms with Crippen molar-refractivity contribution in [1.82, 2.24) is 20.3 Å². The number of hydrogen-bond acceptors (Lipinski definition) is 4. The van der Waals surface area contributed by atoms with E-state index in [0.29, 0.717) is 34.8 Å². The highest BCUT2D eigenvalue weighted by Crippen LogP contribution is 2.23. The van der Waals surface area contributed by atoms with E-state index in [2.05, 4.69) is 20.3 Å². The van der Waals surface area contributed by atoms with Gasteiger partial charge < -0.3 is 20.0 Å². The van der Waals surface area contributed by atoms with Crippen LogP contribution in [0.2, 0.25) is 0 Å². The second kappa shape index (κ2) is 7.65. The van der Waals surface area contributed by atoms with Crippen LogP contribution in [0.4, 0.5) is 0 Å². The van der Waals surface area contributed by atoms with Gasteiger partial charge >= 0.3 is 5.97 Å². The number of benzene rings is 1. The number of H-pyrrole nitrogens is 2. The lowest BCUT2D eigenvalue weighted by atomic mass is 10.0.